The van der Waals surface area contributed by atoms with Crippen molar-refractivity contribution < 1.29 is 23.1 Å². The van der Waals surface area contributed by atoms with Gasteiger partial charge in [-0.1, -0.05) is 23.2 Å². The van der Waals surface area contributed by atoms with Crippen molar-refractivity contribution in [2.45, 2.75) is 11.3 Å². The van der Waals surface area contributed by atoms with Crippen molar-refractivity contribution in [1.29, 1.82) is 0 Å². The third-order valence-electron chi connectivity index (χ3n) is 3.08. The molecular formula is C12H12Cl2O5S. The highest BCUT2D eigenvalue weighted by molar-refractivity contribution is 7.91. The summed E-state index contributed by atoms with van der Waals surface area (Å²) >= 11 is 11.6. The molecule has 1 aliphatic rings. The molecule has 20 heavy (non-hydrogen) atoms. The van der Waals surface area contributed by atoms with Gasteiger partial charge in [0.25, 0.3) is 0 Å². The molecule has 0 amide bonds. The van der Waals surface area contributed by atoms with Crippen molar-refractivity contribution in [2.24, 2.45) is 5.92 Å². The minimum absolute atomic E-state index is 0.0920. The molecule has 1 fully saturated rings. The Morgan fingerprint density at radius 2 is 2.10 bits per heavy atom. The zero-order valence-electron chi connectivity index (χ0n) is 10.3. The molecule has 0 aliphatic carbocycles. The third kappa shape index (κ3) is 3.09. The van der Waals surface area contributed by atoms with Crippen LogP contribution in [0.2, 0.25) is 10.0 Å². The lowest BCUT2D eigenvalue weighted by molar-refractivity contribution is 0.0697. The molecule has 8 heteroatoms. The molecule has 0 spiro atoms. The number of hydrogen-bond acceptors (Lipinski definition) is 4. The monoisotopic (exact) mass is 338 g/mol. The van der Waals surface area contributed by atoms with Crippen LogP contribution in [-0.4, -0.2) is 38.5 Å². The fraction of sp³-hybridized carbons (Fsp3) is 0.417. The van der Waals surface area contributed by atoms with E-state index in [0.29, 0.717) is 19.6 Å². The molecule has 0 bridgehead atoms. The van der Waals surface area contributed by atoms with Crippen LogP contribution >= 0.6 is 23.2 Å². The number of carboxylic acid groups (broad SMARTS) is 1. The van der Waals surface area contributed by atoms with E-state index in [1.54, 1.807) is 0 Å². The lowest BCUT2D eigenvalue weighted by atomic mass is 10.2. The fourth-order valence-electron chi connectivity index (χ4n) is 2.08. The van der Waals surface area contributed by atoms with Crippen molar-refractivity contribution in [2.75, 3.05) is 19.0 Å². The molecule has 1 N–H and O–H groups in total. The van der Waals surface area contributed by atoms with Gasteiger partial charge in [0.05, 0.1) is 32.9 Å². The minimum atomic E-state index is -3.68. The Hall–Kier alpha value is -0.820. The number of rotatable bonds is 4. The van der Waals surface area contributed by atoms with E-state index in [-0.39, 0.29) is 26.6 Å². The van der Waals surface area contributed by atoms with E-state index in [1.807, 2.05) is 0 Å². The summed E-state index contributed by atoms with van der Waals surface area (Å²) in [6.45, 7) is 0.922. The summed E-state index contributed by atoms with van der Waals surface area (Å²) in [5.41, 5.74) is -0.392. The second-order valence-electron chi connectivity index (χ2n) is 4.55. The molecule has 1 aromatic carbocycles. The van der Waals surface area contributed by atoms with Crippen molar-refractivity contribution in [3.8, 4) is 0 Å². The molecule has 0 radical (unpaired) electrons. The second kappa shape index (κ2) is 5.89. The number of halogens is 2. The van der Waals surface area contributed by atoms with Gasteiger partial charge in [-0.3, -0.25) is 0 Å². The van der Waals surface area contributed by atoms with E-state index in [0.717, 1.165) is 0 Å². The van der Waals surface area contributed by atoms with Gasteiger partial charge in [-0.2, -0.15) is 0 Å². The maximum Gasteiger partial charge on any atom is 0.338 e. The van der Waals surface area contributed by atoms with Crippen LogP contribution in [0.3, 0.4) is 0 Å². The standard InChI is InChI=1S/C12H12Cl2O5S/c13-8-1-2-9(11(14)10(8)12(15)16)20(17,18)6-7-3-4-19-5-7/h1-2,7H,3-6H2,(H,15,16). The zero-order valence-corrected chi connectivity index (χ0v) is 12.6. The van der Waals surface area contributed by atoms with E-state index in [4.69, 9.17) is 33.0 Å². The normalized spacial score (nSPS) is 19.2. The minimum Gasteiger partial charge on any atom is -0.478 e. The topological polar surface area (TPSA) is 80.7 Å². The lowest BCUT2D eigenvalue weighted by Gasteiger charge is -2.12. The lowest BCUT2D eigenvalue weighted by Crippen LogP contribution is -2.17. The van der Waals surface area contributed by atoms with Crippen LogP contribution in [0.4, 0.5) is 0 Å². The van der Waals surface area contributed by atoms with Gasteiger partial charge in [-0.25, -0.2) is 13.2 Å². The van der Waals surface area contributed by atoms with Gasteiger partial charge >= 0.3 is 5.97 Å². The summed E-state index contributed by atoms with van der Waals surface area (Å²) in [7, 11) is -3.68. The number of benzene rings is 1. The van der Waals surface area contributed by atoms with E-state index >= 15 is 0 Å². The van der Waals surface area contributed by atoms with Crippen molar-refractivity contribution in [1.82, 2.24) is 0 Å². The Kier molecular flexibility index (Phi) is 4.59. The van der Waals surface area contributed by atoms with Gasteiger partial charge < -0.3 is 9.84 Å². The van der Waals surface area contributed by atoms with Crippen molar-refractivity contribution >= 4 is 39.0 Å². The van der Waals surface area contributed by atoms with Gasteiger partial charge in [0.2, 0.25) is 0 Å². The van der Waals surface area contributed by atoms with Gasteiger partial charge in [-0.15, -0.1) is 0 Å². The van der Waals surface area contributed by atoms with E-state index in [9.17, 15) is 13.2 Å². The van der Waals surface area contributed by atoms with Crippen LogP contribution in [0.25, 0.3) is 0 Å². The molecule has 2 rings (SSSR count). The Labute approximate surface area is 126 Å². The van der Waals surface area contributed by atoms with Crippen LogP contribution < -0.4 is 0 Å². The first-order valence-electron chi connectivity index (χ1n) is 5.84. The van der Waals surface area contributed by atoms with Crippen molar-refractivity contribution in [3.63, 3.8) is 0 Å². The van der Waals surface area contributed by atoms with Gasteiger partial charge in [-0.05, 0) is 24.5 Å². The van der Waals surface area contributed by atoms with E-state index < -0.39 is 21.4 Å². The predicted octanol–water partition coefficient (Wildman–Crippen LogP) is 2.50. The van der Waals surface area contributed by atoms with Gasteiger partial charge in [0.15, 0.2) is 9.84 Å². The van der Waals surface area contributed by atoms with Crippen LogP contribution in [-0.2, 0) is 14.6 Å². The largest absolute Gasteiger partial charge is 0.478 e. The quantitative estimate of drug-likeness (QED) is 0.912. The smallest absolute Gasteiger partial charge is 0.338 e. The van der Waals surface area contributed by atoms with Gasteiger partial charge in [0.1, 0.15) is 0 Å². The first-order chi connectivity index (χ1) is 9.33. The van der Waals surface area contributed by atoms with Crippen LogP contribution in [0.1, 0.15) is 16.8 Å². The van der Waals surface area contributed by atoms with Crippen LogP contribution in [0.5, 0.6) is 0 Å². The number of sulfone groups is 1. The average molecular weight is 339 g/mol. The molecule has 5 nitrogen and oxygen atoms in total. The number of carbonyl (C=O) groups is 1. The number of hydrogen-bond donors (Lipinski definition) is 1. The number of ether oxygens (including phenoxy) is 1. The molecule has 1 saturated heterocycles. The third-order valence-corrected chi connectivity index (χ3v) is 5.82. The molecule has 1 aliphatic heterocycles. The molecule has 1 atom stereocenters. The van der Waals surface area contributed by atoms with E-state index in [2.05, 4.69) is 0 Å². The number of carboxylic acids is 1. The predicted molar refractivity (Wildman–Crippen MR) is 74.4 cm³/mol. The highest BCUT2D eigenvalue weighted by Gasteiger charge is 2.29. The Morgan fingerprint density at radius 3 is 2.65 bits per heavy atom. The highest BCUT2D eigenvalue weighted by atomic mass is 35.5. The SMILES string of the molecule is O=C(O)c1c(Cl)ccc(S(=O)(=O)CC2CCOC2)c1Cl. The number of aromatic carboxylic acids is 1. The van der Waals surface area contributed by atoms with Crippen LogP contribution in [0, 0.1) is 5.92 Å². The molecule has 0 saturated carbocycles. The molecule has 110 valence electrons. The molecule has 1 unspecified atom stereocenters. The van der Waals surface area contributed by atoms with E-state index in [1.165, 1.54) is 12.1 Å². The Bertz CT molecular complexity index is 635. The van der Waals surface area contributed by atoms with Crippen LogP contribution in [0.15, 0.2) is 17.0 Å². The molecule has 1 heterocycles. The Morgan fingerprint density at radius 1 is 1.40 bits per heavy atom. The summed E-state index contributed by atoms with van der Waals surface area (Å²) < 4.78 is 29.8. The maximum atomic E-state index is 12.3. The first-order valence-corrected chi connectivity index (χ1v) is 8.25. The summed E-state index contributed by atoms with van der Waals surface area (Å²) in [6.07, 6.45) is 0.663. The second-order valence-corrected chi connectivity index (χ2v) is 7.34. The summed E-state index contributed by atoms with van der Waals surface area (Å²) in [5.74, 6) is -1.57. The summed E-state index contributed by atoms with van der Waals surface area (Å²) in [4.78, 5) is 10.9. The van der Waals surface area contributed by atoms with Crippen molar-refractivity contribution in [3.05, 3.63) is 27.7 Å². The first kappa shape index (κ1) is 15.6. The summed E-state index contributed by atoms with van der Waals surface area (Å²) in [6, 6.07) is 2.47. The molecule has 1 aromatic rings. The molecular weight excluding hydrogens is 327 g/mol. The summed E-state index contributed by atoms with van der Waals surface area (Å²) in [5, 5.41) is 8.60. The fourth-order valence-corrected chi connectivity index (χ4v) is 4.68. The Balaban J connectivity index is 2.41. The highest BCUT2D eigenvalue weighted by Crippen LogP contribution is 2.32. The molecule has 0 aromatic heterocycles. The maximum absolute atomic E-state index is 12.3. The van der Waals surface area contributed by atoms with Gasteiger partial charge in [0, 0.05) is 6.61 Å². The average Bonchev–Trinajstić information content (AvgIpc) is 2.79. The zero-order chi connectivity index (χ0) is 14.9.